The van der Waals surface area contributed by atoms with Gasteiger partial charge in [-0.05, 0) is 76.6 Å². The van der Waals surface area contributed by atoms with E-state index in [1.54, 1.807) is 25.7 Å². The van der Waals surface area contributed by atoms with Gasteiger partial charge in [0.05, 0.1) is 0 Å². The Morgan fingerprint density at radius 1 is 0.949 bits per heavy atom. The van der Waals surface area contributed by atoms with E-state index in [2.05, 4.69) is 17.6 Å². The first kappa shape index (κ1) is 31.9. The minimum Gasteiger partial charge on any atom is -0.444 e. The van der Waals surface area contributed by atoms with Crippen molar-refractivity contribution in [1.29, 1.82) is 0 Å². The molecule has 3 atom stereocenters. The summed E-state index contributed by atoms with van der Waals surface area (Å²) in [5.41, 5.74) is 2.86. The Morgan fingerprint density at radius 2 is 1.56 bits per heavy atom. The van der Waals surface area contributed by atoms with Crippen molar-refractivity contribution in [2.45, 2.75) is 105 Å². The van der Waals surface area contributed by atoms with Gasteiger partial charge >= 0.3 is 6.09 Å². The van der Waals surface area contributed by atoms with E-state index in [4.69, 9.17) is 4.74 Å². The molecule has 0 spiro atoms. The quantitative estimate of drug-likeness (QED) is 0.324. The van der Waals surface area contributed by atoms with Crippen LogP contribution in [0.3, 0.4) is 0 Å². The normalized spacial score (nSPS) is 13.6. The molecule has 0 aliphatic heterocycles. The van der Waals surface area contributed by atoms with Crippen LogP contribution in [0, 0.1) is 13.8 Å². The topological polar surface area (TPSA) is 87.7 Å². The van der Waals surface area contributed by atoms with Crippen molar-refractivity contribution in [1.82, 2.24) is 15.5 Å². The van der Waals surface area contributed by atoms with E-state index in [0.29, 0.717) is 13.0 Å². The number of alkyl carbamates (subject to hydrolysis) is 1. The number of carbonyl (C=O) groups is 3. The van der Waals surface area contributed by atoms with Crippen molar-refractivity contribution in [3.05, 3.63) is 70.8 Å². The second-order valence-electron chi connectivity index (χ2n) is 11.2. The van der Waals surface area contributed by atoms with E-state index in [9.17, 15) is 14.4 Å². The lowest BCUT2D eigenvalue weighted by Gasteiger charge is -2.39. The third-order valence-corrected chi connectivity index (χ3v) is 6.76. The van der Waals surface area contributed by atoms with Gasteiger partial charge < -0.3 is 20.3 Å². The first-order valence-corrected chi connectivity index (χ1v) is 14.1. The van der Waals surface area contributed by atoms with Crippen molar-refractivity contribution < 1.29 is 19.1 Å². The largest absolute Gasteiger partial charge is 0.444 e. The zero-order valence-corrected chi connectivity index (χ0v) is 25.0. The number of hydrogen-bond donors (Lipinski definition) is 2. The van der Waals surface area contributed by atoms with Gasteiger partial charge in [0.15, 0.2) is 0 Å². The van der Waals surface area contributed by atoms with Crippen LogP contribution in [0.25, 0.3) is 0 Å². The summed E-state index contributed by atoms with van der Waals surface area (Å²) in [7, 11) is 0. The summed E-state index contributed by atoms with van der Waals surface area (Å²) in [5, 5.41) is 5.89. The second kappa shape index (κ2) is 14.7. The van der Waals surface area contributed by atoms with E-state index in [-0.39, 0.29) is 24.3 Å². The number of amides is 3. The van der Waals surface area contributed by atoms with Crippen molar-refractivity contribution in [3.63, 3.8) is 0 Å². The first-order valence-electron chi connectivity index (χ1n) is 14.1. The van der Waals surface area contributed by atoms with Crippen LogP contribution < -0.4 is 10.6 Å². The van der Waals surface area contributed by atoms with Crippen molar-refractivity contribution in [2.24, 2.45) is 0 Å². The molecule has 0 aliphatic rings. The average molecular weight is 538 g/mol. The molecule has 0 saturated carbocycles. The van der Waals surface area contributed by atoms with Gasteiger partial charge in [0.2, 0.25) is 11.8 Å². The number of aryl methyl sites for hydroxylation is 2. The number of benzene rings is 2. The predicted octanol–water partition coefficient (Wildman–Crippen LogP) is 6.02. The Bertz CT molecular complexity index is 1070. The molecular formula is C32H47N3O4. The van der Waals surface area contributed by atoms with Gasteiger partial charge in [-0.15, -0.1) is 0 Å². The van der Waals surface area contributed by atoms with E-state index < -0.39 is 23.8 Å². The van der Waals surface area contributed by atoms with E-state index in [1.165, 1.54) is 0 Å². The molecule has 3 amide bonds. The Balaban J connectivity index is 2.61. The lowest BCUT2D eigenvalue weighted by atomic mass is 9.92. The molecule has 7 nitrogen and oxygen atoms in total. The number of unbranched alkanes of at least 4 members (excludes halogenated alkanes) is 1. The molecule has 0 fully saturated rings. The molecule has 0 heterocycles. The second-order valence-corrected chi connectivity index (χ2v) is 11.2. The molecule has 214 valence electrons. The summed E-state index contributed by atoms with van der Waals surface area (Å²) >= 11 is 0. The molecule has 7 heteroatoms. The number of ether oxygens (including phenoxy) is 1. The van der Waals surface area contributed by atoms with Gasteiger partial charge in [-0.3, -0.25) is 9.59 Å². The summed E-state index contributed by atoms with van der Waals surface area (Å²) in [4.78, 5) is 42.9. The van der Waals surface area contributed by atoms with Crippen LogP contribution in [-0.2, 0) is 20.7 Å². The highest BCUT2D eigenvalue weighted by atomic mass is 16.6. The average Bonchev–Trinajstić information content (AvgIpc) is 2.86. The van der Waals surface area contributed by atoms with Crippen LogP contribution in [0.1, 0.15) is 89.1 Å². The van der Waals surface area contributed by atoms with Crippen LogP contribution in [0.2, 0.25) is 0 Å². The molecule has 2 rings (SSSR count). The molecule has 0 radical (unpaired) electrons. The molecular weight excluding hydrogens is 490 g/mol. The summed E-state index contributed by atoms with van der Waals surface area (Å²) in [6, 6.07) is 13.4. The van der Waals surface area contributed by atoms with Crippen LogP contribution >= 0.6 is 0 Å². The number of nitrogens with one attached hydrogen (secondary N) is 2. The summed E-state index contributed by atoms with van der Waals surface area (Å²) < 4.78 is 5.52. The zero-order valence-electron chi connectivity index (χ0n) is 25.0. The predicted molar refractivity (Wildman–Crippen MR) is 156 cm³/mol. The van der Waals surface area contributed by atoms with Gasteiger partial charge in [0.1, 0.15) is 17.7 Å². The maximum absolute atomic E-state index is 14.5. The fraction of sp³-hybridized carbons (Fsp3) is 0.531. The maximum Gasteiger partial charge on any atom is 0.408 e. The van der Waals surface area contributed by atoms with Crippen LogP contribution in [0.15, 0.2) is 48.5 Å². The molecule has 0 saturated heterocycles. The van der Waals surface area contributed by atoms with Crippen molar-refractivity contribution >= 4 is 17.9 Å². The minimum atomic E-state index is -0.925. The molecule has 0 aromatic heterocycles. The summed E-state index contributed by atoms with van der Waals surface area (Å²) in [6.07, 6.45) is 2.03. The minimum absolute atomic E-state index is 0.217. The highest BCUT2D eigenvalue weighted by Gasteiger charge is 2.39. The van der Waals surface area contributed by atoms with Gasteiger partial charge in [-0.25, -0.2) is 4.79 Å². The molecule has 39 heavy (non-hydrogen) atoms. The maximum atomic E-state index is 14.5. The molecule has 2 aromatic carbocycles. The van der Waals surface area contributed by atoms with Gasteiger partial charge in [-0.2, -0.15) is 0 Å². The summed E-state index contributed by atoms with van der Waals surface area (Å²) in [5.74, 6) is -0.539. The van der Waals surface area contributed by atoms with Crippen molar-refractivity contribution in [2.75, 3.05) is 6.54 Å². The Morgan fingerprint density at radius 3 is 2.10 bits per heavy atom. The van der Waals surface area contributed by atoms with Gasteiger partial charge in [-0.1, -0.05) is 68.8 Å². The monoisotopic (exact) mass is 537 g/mol. The number of nitrogens with zero attached hydrogens (tertiary/aromatic N) is 1. The number of hydrogen-bond acceptors (Lipinski definition) is 4. The molecule has 2 aromatic rings. The fourth-order valence-corrected chi connectivity index (χ4v) is 4.62. The van der Waals surface area contributed by atoms with E-state index >= 15 is 0 Å². The highest BCUT2D eigenvalue weighted by molar-refractivity contribution is 5.93. The lowest BCUT2D eigenvalue weighted by molar-refractivity contribution is -0.145. The third-order valence-electron chi connectivity index (χ3n) is 6.76. The van der Waals surface area contributed by atoms with Gasteiger partial charge in [0.25, 0.3) is 0 Å². The highest BCUT2D eigenvalue weighted by Crippen LogP contribution is 2.31. The first-order chi connectivity index (χ1) is 18.4. The van der Waals surface area contributed by atoms with Crippen LogP contribution in [-0.4, -0.2) is 47.0 Å². The fourth-order valence-electron chi connectivity index (χ4n) is 4.62. The Kier molecular flexibility index (Phi) is 12.0. The third kappa shape index (κ3) is 9.41. The van der Waals surface area contributed by atoms with E-state index in [0.717, 1.165) is 35.1 Å². The standard InChI is InChI=1S/C32H47N3O4/c1-9-11-20-33-29(36)28(27-22(3)16-15-17-23(27)4)35(24(5)10-2)30(37)26(21-25-18-13-12-14-19-25)34-31(38)39-32(6,7)8/h12-19,24,26,28H,9-11,20-21H2,1-8H3,(H,33,36)(H,34,38). The Labute approximate surface area is 234 Å². The smallest absolute Gasteiger partial charge is 0.408 e. The van der Waals surface area contributed by atoms with Crippen molar-refractivity contribution in [3.8, 4) is 0 Å². The molecule has 3 unspecified atom stereocenters. The number of rotatable bonds is 12. The van der Waals surface area contributed by atoms with Gasteiger partial charge in [0, 0.05) is 19.0 Å². The summed E-state index contributed by atoms with van der Waals surface area (Å²) in [6.45, 7) is 15.8. The van der Waals surface area contributed by atoms with Crippen LogP contribution in [0.5, 0.6) is 0 Å². The zero-order chi connectivity index (χ0) is 29.2. The lowest BCUT2D eigenvalue weighted by Crippen LogP contribution is -2.56. The molecule has 0 bridgehead atoms. The molecule has 2 N–H and O–H groups in total. The van der Waals surface area contributed by atoms with E-state index in [1.807, 2.05) is 76.2 Å². The Hall–Kier alpha value is -3.35. The van der Waals surface area contributed by atoms with Crippen LogP contribution in [0.4, 0.5) is 4.79 Å². The SMILES string of the molecule is CCCCNC(=O)C(c1c(C)cccc1C)N(C(=O)C(Cc1ccccc1)NC(=O)OC(C)(C)C)C(C)CC. The molecule has 0 aliphatic carbocycles. The number of carbonyl (C=O) groups excluding carboxylic acids is 3.